The molecule has 0 spiro atoms. The lowest BCUT2D eigenvalue weighted by atomic mass is 10.0. The summed E-state index contributed by atoms with van der Waals surface area (Å²) in [6, 6.07) is 9.12. The predicted molar refractivity (Wildman–Crippen MR) is 85.7 cm³/mol. The van der Waals surface area contributed by atoms with Crippen molar-refractivity contribution < 1.29 is 4.39 Å². The molecule has 1 unspecified atom stereocenters. The first kappa shape index (κ1) is 14.7. The highest BCUT2D eigenvalue weighted by molar-refractivity contribution is 7.12. The average molecular weight is 304 g/mol. The van der Waals surface area contributed by atoms with Gasteiger partial charge in [0.2, 0.25) is 0 Å². The third kappa shape index (κ3) is 3.51. The van der Waals surface area contributed by atoms with Crippen molar-refractivity contribution in [3.63, 3.8) is 0 Å². The van der Waals surface area contributed by atoms with Gasteiger partial charge in [0, 0.05) is 9.75 Å². The van der Waals surface area contributed by atoms with E-state index in [0.29, 0.717) is 6.42 Å². The van der Waals surface area contributed by atoms with Gasteiger partial charge in [-0.3, -0.25) is 11.3 Å². The van der Waals surface area contributed by atoms with Crippen LogP contribution in [0.15, 0.2) is 30.3 Å². The highest BCUT2D eigenvalue weighted by Gasteiger charge is 2.18. The number of hydrazine groups is 1. The van der Waals surface area contributed by atoms with Gasteiger partial charge in [-0.25, -0.2) is 4.39 Å². The van der Waals surface area contributed by atoms with Gasteiger partial charge >= 0.3 is 0 Å². The topological polar surface area (TPSA) is 38.0 Å². The minimum Gasteiger partial charge on any atom is -0.271 e. The van der Waals surface area contributed by atoms with Crippen molar-refractivity contribution in [3.05, 3.63) is 57.0 Å². The summed E-state index contributed by atoms with van der Waals surface area (Å²) in [6.07, 6.45) is 7.00. The normalized spacial score (nSPS) is 16.3. The number of nitrogens with one attached hydrogen (secondary N) is 1. The highest BCUT2D eigenvalue weighted by atomic mass is 32.1. The Morgan fingerprint density at radius 2 is 2.05 bits per heavy atom. The molecule has 0 aliphatic heterocycles. The molecule has 0 saturated heterocycles. The fraction of sp³-hybridized carbons (Fsp3) is 0.412. The molecule has 1 heterocycles. The van der Waals surface area contributed by atoms with Gasteiger partial charge < -0.3 is 0 Å². The lowest BCUT2D eigenvalue weighted by Gasteiger charge is -2.14. The number of benzene rings is 1. The number of aryl methyl sites for hydroxylation is 2. The van der Waals surface area contributed by atoms with E-state index in [1.54, 1.807) is 12.1 Å². The monoisotopic (exact) mass is 304 g/mol. The van der Waals surface area contributed by atoms with Gasteiger partial charge in [0.25, 0.3) is 0 Å². The van der Waals surface area contributed by atoms with E-state index >= 15 is 0 Å². The summed E-state index contributed by atoms with van der Waals surface area (Å²) in [7, 11) is 0. The molecule has 21 heavy (non-hydrogen) atoms. The fourth-order valence-electron chi connectivity index (χ4n) is 3.00. The Morgan fingerprint density at radius 3 is 2.86 bits per heavy atom. The molecule has 0 bridgehead atoms. The third-order valence-electron chi connectivity index (χ3n) is 4.14. The molecule has 1 aromatic heterocycles. The van der Waals surface area contributed by atoms with Crippen molar-refractivity contribution in [2.24, 2.45) is 5.84 Å². The van der Waals surface area contributed by atoms with Crippen LogP contribution in [0.25, 0.3) is 0 Å². The Bertz CT molecular complexity index is 585. The summed E-state index contributed by atoms with van der Waals surface area (Å²) in [6.45, 7) is 0. The molecule has 1 atom stereocenters. The minimum atomic E-state index is -0.190. The Balaban J connectivity index is 1.80. The van der Waals surface area contributed by atoms with Gasteiger partial charge in [-0.1, -0.05) is 18.6 Å². The maximum Gasteiger partial charge on any atom is 0.123 e. The standard InChI is InChI=1S/C17H21FN2S/c18-14-7-4-5-12(9-14)10-15(20-19)17-11-13-6-2-1-3-8-16(13)21-17/h4-5,7,9,11,15,20H,1-3,6,8,10,19H2. The molecule has 1 aromatic carbocycles. The molecule has 0 saturated carbocycles. The summed E-state index contributed by atoms with van der Waals surface area (Å²) in [5.74, 6) is 5.55. The van der Waals surface area contributed by atoms with Crippen LogP contribution >= 0.6 is 11.3 Å². The Hall–Kier alpha value is -1.23. The number of hydrogen-bond acceptors (Lipinski definition) is 3. The Labute approximate surface area is 129 Å². The van der Waals surface area contributed by atoms with Crippen LogP contribution in [0, 0.1) is 5.82 Å². The average Bonchev–Trinajstić information content (AvgIpc) is 2.75. The number of thiophene rings is 1. The summed E-state index contributed by atoms with van der Waals surface area (Å²) in [5, 5.41) is 0. The SMILES string of the molecule is NNC(Cc1cccc(F)c1)c1cc2c(s1)CCCCC2. The van der Waals surface area contributed by atoms with E-state index in [2.05, 4.69) is 11.5 Å². The predicted octanol–water partition coefficient (Wildman–Crippen LogP) is 3.90. The second-order valence-corrected chi connectivity index (χ2v) is 6.88. The van der Waals surface area contributed by atoms with E-state index in [1.807, 2.05) is 17.4 Å². The van der Waals surface area contributed by atoms with Crippen LogP contribution < -0.4 is 11.3 Å². The molecule has 1 aliphatic rings. The van der Waals surface area contributed by atoms with E-state index in [4.69, 9.17) is 5.84 Å². The first-order chi connectivity index (χ1) is 10.3. The zero-order chi connectivity index (χ0) is 14.7. The van der Waals surface area contributed by atoms with Crippen molar-refractivity contribution in [1.29, 1.82) is 0 Å². The van der Waals surface area contributed by atoms with Crippen molar-refractivity contribution in [1.82, 2.24) is 5.43 Å². The molecular weight excluding hydrogens is 283 g/mol. The molecule has 2 aromatic rings. The van der Waals surface area contributed by atoms with Crippen molar-refractivity contribution in [2.45, 2.75) is 44.6 Å². The van der Waals surface area contributed by atoms with Gasteiger partial charge in [0.05, 0.1) is 6.04 Å². The first-order valence-electron chi connectivity index (χ1n) is 7.58. The molecule has 0 amide bonds. The zero-order valence-electron chi connectivity index (χ0n) is 12.1. The van der Waals surface area contributed by atoms with Crippen LogP contribution in [0.1, 0.15) is 46.2 Å². The second kappa shape index (κ2) is 6.69. The largest absolute Gasteiger partial charge is 0.271 e. The number of rotatable bonds is 4. The summed E-state index contributed by atoms with van der Waals surface area (Å²) in [5.41, 5.74) is 5.37. The molecule has 1 aliphatic carbocycles. The number of fused-ring (bicyclic) bond motifs is 1. The molecule has 3 rings (SSSR count). The van der Waals surface area contributed by atoms with Crippen molar-refractivity contribution >= 4 is 11.3 Å². The van der Waals surface area contributed by atoms with Crippen LogP contribution in [-0.2, 0) is 19.3 Å². The molecule has 112 valence electrons. The molecule has 3 N–H and O–H groups in total. The third-order valence-corrected chi connectivity index (χ3v) is 5.49. The van der Waals surface area contributed by atoms with Crippen molar-refractivity contribution in [2.75, 3.05) is 0 Å². The molecule has 0 fully saturated rings. The number of halogens is 1. The van der Waals surface area contributed by atoms with Crippen LogP contribution in [-0.4, -0.2) is 0 Å². The fourth-order valence-corrected chi connectivity index (χ4v) is 4.32. The lowest BCUT2D eigenvalue weighted by molar-refractivity contribution is 0.556. The number of hydrogen-bond donors (Lipinski definition) is 2. The second-order valence-electron chi connectivity index (χ2n) is 5.71. The highest BCUT2D eigenvalue weighted by Crippen LogP contribution is 2.33. The van der Waals surface area contributed by atoms with Gasteiger partial charge in [0.15, 0.2) is 0 Å². The van der Waals surface area contributed by atoms with Crippen LogP contribution in [0.4, 0.5) is 4.39 Å². The smallest absolute Gasteiger partial charge is 0.123 e. The molecular formula is C17H21FN2S. The Kier molecular flexibility index (Phi) is 4.68. The van der Waals surface area contributed by atoms with Crippen molar-refractivity contribution in [3.8, 4) is 0 Å². The molecule has 2 nitrogen and oxygen atoms in total. The van der Waals surface area contributed by atoms with Gasteiger partial charge in [-0.05, 0) is 61.4 Å². The maximum atomic E-state index is 13.3. The summed E-state index contributed by atoms with van der Waals surface area (Å²) in [4.78, 5) is 2.79. The minimum absolute atomic E-state index is 0.0590. The summed E-state index contributed by atoms with van der Waals surface area (Å²) >= 11 is 1.87. The summed E-state index contributed by atoms with van der Waals surface area (Å²) < 4.78 is 13.3. The van der Waals surface area contributed by atoms with E-state index in [-0.39, 0.29) is 11.9 Å². The zero-order valence-corrected chi connectivity index (χ0v) is 12.9. The van der Waals surface area contributed by atoms with Crippen LogP contribution in [0.5, 0.6) is 0 Å². The van der Waals surface area contributed by atoms with Gasteiger partial charge in [-0.15, -0.1) is 11.3 Å². The van der Waals surface area contributed by atoms with E-state index in [9.17, 15) is 4.39 Å². The first-order valence-corrected chi connectivity index (χ1v) is 8.40. The van der Waals surface area contributed by atoms with Crippen LogP contribution in [0.3, 0.4) is 0 Å². The maximum absolute atomic E-state index is 13.3. The quantitative estimate of drug-likeness (QED) is 0.511. The van der Waals surface area contributed by atoms with Gasteiger partial charge in [-0.2, -0.15) is 0 Å². The van der Waals surface area contributed by atoms with E-state index < -0.39 is 0 Å². The van der Waals surface area contributed by atoms with E-state index in [1.165, 1.54) is 53.5 Å². The lowest BCUT2D eigenvalue weighted by Crippen LogP contribution is -2.29. The van der Waals surface area contributed by atoms with Crippen LogP contribution in [0.2, 0.25) is 0 Å². The molecule has 4 heteroatoms. The van der Waals surface area contributed by atoms with E-state index in [0.717, 1.165) is 5.56 Å². The van der Waals surface area contributed by atoms with Gasteiger partial charge in [0.1, 0.15) is 5.82 Å². The Morgan fingerprint density at radius 1 is 1.19 bits per heavy atom. The number of nitrogens with two attached hydrogens (primary N) is 1. The molecule has 0 radical (unpaired) electrons.